The van der Waals surface area contributed by atoms with Crippen LogP contribution in [0.15, 0.2) is 18.2 Å². The van der Waals surface area contributed by atoms with Gasteiger partial charge in [0.15, 0.2) is 0 Å². The van der Waals surface area contributed by atoms with E-state index in [-0.39, 0.29) is 0 Å². The first kappa shape index (κ1) is 11.8. The summed E-state index contributed by atoms with van der Waals surface area (Å²) in [5, 5.41) is 0.738. The van der Waals surface area contributed by atoms with Crippen LogP contribution < -0.4 is 5.73 Å². The lowest BCUT2D eigenvalue weighted by Gasteiger charge is -2.41. The molecule has 96 valence electrons. The molecule has 0 amide bonds. The van der Waals surface area contributed by atoms with E-state index in [9.17, 15) is 0 Å². The summed E-state index contributed by atoms with van der Waals surface area (Å²) < 4.78 is 2.10. The second kappa shape index (κ2) is 4.16. The van der Waals surface area contributed by atoms with Gasteiger partial charge in [-0.15, -0.1) is 0 Å². The van der Waals surface area contributed by atoms with Gasteiger partial charge in [0.25, 0.3) is 0 Å². The Hall–Kier alpha value is -1.22. The van der Waals surface area contributed by atoms with Crippen LogP contribution in [0.2, 0.25) is 5.02 Å². The minimum atomic E-state index is 0.404. The Kier molecular flexibility index (Phi) is 2.74. The van der Waals surface area contributed by atoms with E-state index in [1.807, 2.05) is 18.2 Å². The Morgan fingerprint density at radius 1 is 1.44 bits per heavy atom. The highest BCUT2D eigenvalue weighted by Crippen LogP contribution is 2.46. The second-order valence-corrected chi connectivity index (χ2v) is 5.78. The van der Waals surface area contributed by atoms with Crippen molar-refractivity contribution in [2.24, 2.45) is 5.41 Å². The van der Waals surface area contributed by atoms with Crippen molar-refractivity contribution in [2.45, 2.75) is 39.2 Å². The first-order chi connectivity index (χ1) is 8.65. The lowest BCUT2D eigenvalue weighted by molar-refractivity contribution is 0.103. The van der Waals surface area contributed by atoms with E-state index in [0.717, 1.165) is 22.6 Å². The maximum absolute atomic E-state index is 6.29. The molecule has 0 aliphatic heterocycles. The third-order valence-corrected chi connectivity index (χ3v) is 4.71. The lowest BCUT2D eigenvalue weighted by Crippen LogP contribution is -2.33. The van der Waals surface area contributed by atoms with Crippen LogP contribution in [0.25, 0.3) is 11.0 Å². The monoisotopic (exact) mass is 263 g/mol. The number of fused-ring (bicyclic) bond motifs is 1. The molecule has 1 heterocycles. The topological polar surface area (TPSA) is 43.8 Å². The number of aromatic nitrogens is 2. The summed E-state index contributed by atoms with van der Waals surface area (Å²) in [7, 11) is 0. The summed E-state index contributed by atoms with van der Waals surface area (Å²) in [4.78, 5) is 4.41. The van der Waals surface area contributed by atoms with Gasteiger partial charge in [-0.2, -0.15) is 0 Å². The Morgan fingerprint density at radius 3 is 2.83 bits per heavy atom. The Balaban J connectivity index is 2.08. The molecule has 2 aromatic rings. The molecule has 0 spiro atoms. The highest BCUT2D eigenvalue weighted by molar-refractivity contribution is 6.35. The molecular formula is C14H18ClN3. The van der Waals surface area contributed by atoms with E-state index in [4.69, 9.17) is 17.3 Å². The maximum Gasteiger partial charge on any atom is 0.201 e. The predicted octanol–water partition coefficient (Wildman–Crippen LogP) is 3.85. The Labute approximate surface area is 112 Å². The van der Waals surface area contributed by atoms with E-state index in [2.05, 4.69) is 16.5 Å². The molecule has 1 aliphatic rings. The van der Waals surface area contributed by atoms with Crippen LogP contribution in [0.5, 0.6) is 0 Å². The number of imidazole rings is 1. The smallest absolute Gasteiger partial charge is 0.201 e. The molecule has 1 aromatic heterocycles. The zero-order valence-corrected chi connectivity index (χ0v) is 11.4. The largest absolute Gasteiger partial charge is 0.369 e. The van der Waals surface area contributed by atoms with Crippen molar-refractivity contribution in [3.63, 3.8) is 0 Å². The number of anilines is 1. The fourth-order valence-electron chi connectivity index (χ4n) is 2.96. The Morgan fingerprint density at radius 2 is 2.22 bits per heavy atom. The number of nitrogens with zero attached hydrogens (tertiary/aromatic N) is 2. The van der Waals surface area contributed by atoms with E-state index in [1.165, 1.54) is 25.7 Å². The number of rotatable bonds is 3. The number of halogens is 1. The van der Waals surface area contributed by atoms with Crippen LogP contribution in [-0.2, 0) is 6.54 Å². The van der Waals surface area contributed by atoms with Crippen molar-refractivity contribution >= 4 is 28.6 Å². The fraction of sp³-hybridized carbons (Fsp3) is 0.500. The van der Waals surface area contributed by atoms with Gasteiger partial charge in [-0.25, -0.2) is 4.98 Å². The molecule has 0 atom stereocenters. The standard InChI is InChI=1S/C14H18ClN3/c1-2-14(7-4-8-14)9-18-12-10(15)5-3-6-11(12)17-13(18)16/h3,5-6H,2,4,7-9H2,1H3,(H2,16,17). The average Bonchev–Trinajstić information content (AvgIpc) is 2.61. The summed E-state index contributed by atoms with van der Waals surface area (Å²) in [5.74, 6) is 0.581. The van der Waals surface area contributed by atoms with Gasteiger partial charge >= 0.3 is 0 Å². The van der Waals surface area contributed by atoms with E-state index in [1.54, 1.807) is 0 Å². The lowest BCUT2D eigenvalue weighted by atomic mass is 9.67. The summed E-state index contributed by atoms with van der Waals surface area (Å²) >= 11 is 6.29. The van der Waals surface area contributed by atoms with Gasteiger partial charge in [0.1, 0.15) is 0 Å². The maximum atomic E-state index is 6.29. The predicted molar refractivity (Wildman–Crippen MR) is 75.7 cm³/mol. The quantitative estimate of drug-likeness (QED) is 0.914. The molecule has 1 aromatic carbocycles. The first-order valence-corrected chi connectivity index (χ1v) is 6.93. The molecule has 0 radical (unpaired) electrons. The molecule has 18 heavy (non-hydrogen) atoms. The van der Waals surface area contributed by atoms with Gasteiger partial charge in [0.05, 0.1) is 16.1 Å². The van der Waals surface area contributed by atoms with Gasteiger partial charge in [0.2, 0.25) is 5.95 Å². The molecule has 4 heteroatoms. The SMILES string of the molecule is CCC1(Cn2c(N)nc3cccc(Cl)c32)CCC1. The van der Waals surface area contributed by atoms with E-state index < -0.39 is 0 Å². The number of nitrogen functional groups attached to an aromatic ring is 1. The van der Waals surface area contributed by atoms with Crippen LogP contribution in [0, 0.1) is 5.41 Å². The third-order valence-electron chi connectivity index (χ3n) is 4.40. The molecular weight excluding hydrogens is 246 g/mol. The number of hydrogen-bond acceptors (Lipinski definition) is 2. The molecule has 0 bridgehead atoms. The highest BCUT2D eigenvalue weighted by Gasteiger charge is 2.36. The molecule has 2 N–H and O–H groups in total. The van der Waals surface area contributed by atoms with Gasteiger partial charge < -0.3 is 10.3 Å². The van der Waals surface area contributed by atoms with Crippen molar-refractivity contribution in [3.8, 4) is 0 Å². The minimum Gasteiger partial charge on any atom is -0.369 e. The minimum absolute atomic E-state index is 0.404. The highest BCUT2D eigenvalue weighted by atomic mass is 35.5. The van der Waals surface area contributed by atoms with E-state index >= 15 is 0 Å². The van der Waals surface area contributed by atoms with Crippen molar-refractivity contribution in [1.29, 1.82) is 0 Å². The van der Waals surface area contributed by atoms with Crippen LogP contribution in [0.4, 0.5) is 5.95 Å². The molecule has 3 rings (SSSR count). The zero-order chi connectivity index (χ0) is 12.8. The number of benzene rings is 1. The van der Waals surface area contributed by atoms with Gasteiger partial charge in [-0.1, -0.05) is 31.0 Å². The number of para-hydroxylation sites is 1. The van der Waals surface area contributed by atoms with Crippen molar-refractivity contribution in [1.82, 2.24) is 9.55 Å². The molecule has 1 fully saturated rings. The summed E-state index contributed by atoms with van der Waals surface area (Å²) in [5.41, 5.74) is 8.34. The number of hydrogen-bond donors (Lipinski definition) is 1. The molecule has 3 nitrogen and oxygen atoms in total. The van der Waals surface area contributed by atoms with Crippen molar-refractivity contribution in [2.75, 3.05) is 5.73 Å². The normalized spacial score (nSPS) is 17.9. The summed E-state index contributed by atoms with van der Waals surface area (Å²) in [6.45, 7) is 3.20. The molecule has 0 saturated heterocycles. The zero-order valence-electron chi connectivity index (χ0n) is 10.6. The van der Waals surface area contributed by atoms with Gasteiger partial charge in [0, 0.05) is 6.54 Å². The third kappa shape index (κ3) is 1.69. The first-order valence-electron chi connectivity index (χ1n) is 6.55. The van der Waals surface area contributed by atoms with Gasteiger partial charge in [-0.05, 0) is 36.8 Å². The molecule has 0 unspecified atom stereocenters. The van der Waals surface area contributed by atoms with E-state index in [0.29, 0.717) is 11.4 Å². The molecule has 1 aliphatic carbocycles. The summed E-state index contributed by atoms with van der Waals surface area (Å²) in [6.07, 6.45) is 5.09. The second-order valence-electron chi connectivity index (χ2n) is 5.37. The van der Waals surface area contributed by atoms with Crippen LogP contribution in [0.1, 0.15) is 32.6 Å². The fourth-order valence-corrected chi connectivity index (χ4v) is 3.23. The van der Waals surface area contributed by atoms with Crippen LogP contribution in [0.3, 0.4) is 0 Å². The average molecular weight is 264 g/mol. The Bertz CT molecular complexity index is 578. The number of nitrogens with two attached hydrogens (primary N) is 1. The van der Waals surface area contributed by atoms with Crippen LogP contribution >= 0.6 is 11.6 Å². The van der Waals surface area contributed by atoms with Crippen molar-refractivity contribution < 1.29 is 0 Å². The van der Waals surface area contributed by atoms with Crippen molar-refractivity contribution in [3.05, 3.63) is 23.2 Å². The molecule has 1 saturated carbocycles. The van der Waals surface area contributed by atoms with Crippen LogP contribution in [-0.4, -0.2) is 9.55 Å². The van der Waals surface area contributed by atoms with Gasteiger partial charge in [-0.3, -0.25) is 0 Å². The summed E-state index contributed by atoms with van der Waals surface area (Å²) in [6, 6.07) is 5.79.